The van der Waals surface area contributed by atoms with E-state index in [0.29, 0.717) is 17.7 Å². The van der Waals surface area contributed by atoms with Crippen LogP contribution in [0.2, 0.25) is 0 Å². The van der Waals surface area contributed by atoms with Gasteiger partial charge in [-0.2, -0.15) is 0 Å². The van der Waals surface area contributed by atoms with E-state index < -0.39 is 0 Å². The third kappa shape index (κ3) is 3.19. The van der Waals surface area contributed by atoms with E-state index >= 15 is 0 Å². The van der Waals surface area contributed by atoms with Gasteiger partial charge < -0.3 is 14.3 Å². The van der Waals surface area contributed by atoms with Crippen LogP contribution in [0.15, 0.2) is 10.7 Å². The van der Waals surface area contributed by atoms with E-state index in [1.807, 2.05) is 16.7 Å². The summed E-state index contributed by atoms with van der Waals surface area (Å²) in [7, 11) is 0. The number of carbonyl (C=O) groups is 2. The van der Waals surface area contributed by atoms with Crippen LogP contribution in [0.3, 0.4) is 0 Å². The van der Waals surface area contributed by atoms with Gasteiger partial charge in [0.05, 0.1) is 6.20 Å². The number of hydrogen-bond donors (Lipinski definition) is 0. The lowest BCUT2D eigenvalue weighted by molar-refractivity contribution is -0.138. The van der Waals surface area contributed by atoms with Gasteiger partial charge >= 0.3 is 0 Å². The van der Waals surface area contributed by atoms with Crippen molar-refractivity contribution in [3.63, 3.8) is 0 Å². The highest BCUT2D eigenvalue weighted by Gasteiger charge is 2.42. The Morgan fingerprint density at radius 1 is 1.33 bits per heavy atom. The fourth-order valence-electron chi connectivity index (χ4n) is 4.12. The van der Waals surface area contributed by atoms with Gasteiger partial charge in [0.25, 0.3) is 5.91 Å². The first-order valence-electron chi connectivity index (χ1n) is 9.09. The fraction of sp³-hybridized carbons (Fsp3) is 0.722. The standard InChI is InChI=1S/C18H27N3O3/c1-3-6-15-14(11-19-24-15)17(23)21-10-5-8-18(13-21)9-7-16(22)20(4-2)12-18/h11H,3-10,12-13H2,1-2H3/t18-/m1/s1. The molecule has 2 fully saturated rings. The van der Waals surface area contributed by atoms with Crippen LogP contribution in [-0.4, -0.2) is 52.9 Å². The number of piperidine rings is 2. The van der Waals surface area contributed by atoms with E-state index in [1.165, 1.54) is 0 Å². The summed E-state index contributed by atoms with van der Waals surface area (Å²) >= 11 is 0. The molecule has 2 saturated heterocycles. The van der Waals surface area contributed by atoms with Crippen molar-refractivity contribution in [2.45, 2.75) is 52.4 Å². The number of nitrogens with zero attached hydrogens (tertiary/aromatic N) is 3. The van der Waals surface area contributed by atoms with Gasteiger partial charge in [0.15, 0.2) is 0 Å². The summed E-state index contributed by atoms with van der Waals surface area (Å²) in [5.41, 5.74) is 0.660. The van der Waals surface area contributed by atoms with Crippen molar-refractivity contribution in [1.82, 2.24) is 15.0 Å². The number of hydrogen-bond acceptors (Lipinski definition) is 4. The molecule has 3 rings (SSSR count). The average molecular weight is 333 g/mol. The Kier molecular flexibility index (Phi) is 4.92. The van der Waals surface area contributed by atoms with Crippen molar-refractivity contribution in [2.24, 2.45) is 5.41 Å². The number of carbonyl (C=O) groups excluding carboxylic acids is 2. The summed E-state index contributed by atoms with van der Waals surface area (Å²) in [6.45, 7) is 7.12. The zero-order valence-electron chi connectivity index (χ0n) is 14.7. The molecule has 1 aromatic heterocycles. The van der Waals surface area contributed by atoms with Crippen LogP contribution in [0, 0.1) is 5.41 Å². The Hall–Kier alpha value is -1.85. The molecular formula is C18H27N3O3. The van der Waals surface area contributed by atoms with Gasteiger partial charge in [-0.15, -0.1) is 0 Å². The number of likely N-dealkylation sites (tertiary alicyclic amines) is 2. The summed E-state index contributed by atoms with van der Waals surface area (Å²) in [5.74, 6) is 0.964. The molecule has 0 saturated carbocycles. The van der Waals surface area contributed by atoms with E-state index in [2.05, 4.69) is 12.1 Å². The summed E-state index contributed by atoms with van der Waals surface area (Å²) in [6, 6.07) is 0. The van der Waals surface area contributed by atoms with Crippen LogP contribution in [-0.2, 0) is 11.2 Å². The van der Waals surface area contributed by atoms with Crippen molar-refractivity contribution < 1.29 is 14.1 Å². The minimum atomic E-state index is 0.0266. The van der Waals surface area contributed by atoms with Crippen molar-refractivity contribution >= 4 is 11.8 Å². The van der Waals surface area contributed by atoms with E-state index in [-0.39, 0.29) is 17.2 Å². The number of amides is 2. The first kappa shape index (κ1) is 17.0. The normalized spacial score (nSPS) is 24.7. The maximum absolute atomic E-state index is 12.9. The van der Waals surface area contributed by atoms with E-state index in [4.69, 9.17) is 4.52 Å². The lowest BCUT2D eigenvalue weighted by Crippen LogP contribution is -2.55. The van der Waals surface area contributed by atoms with E-state index in [9.17, 15) is 9.59 Å². The third-order valence-corrected chi connectivity index (χ3v) is 5.43. The molecule has 1 spiro atoms. The molecule has 6 heteroatoms. The Balaban J connectivity index is 1.74. The van der Waals surface area contributed by atoms with Crippen molar-refractivity contribution in [2.75, 3.05) is 26.2 Å². The molecule has 3 heterocycles. The Morgan fingerprint density at radius 3 is 2.92 bits per heavy atom. The van der Waals surface area contributed by atoms with Crippen LogP contribution in [0.5, 0.6) is 0 Å². The Labute approximate surface area is 143 Å². The van der Waals surface area contributed by atoms with Gasteiger partial charge in [-0.25, -0.2) is 0 Å². The van der Waals surface area contributed by atoms with E-state index in [0.717, 1.165) is 58.3 Å². The molecule has 0 radical (unpaired) electrons. The third-order valence-electron chi connectivity index (χ3n) is 5.43. The Bertz CT molecular complexity index is 612. The van der Waals surface area contributed by atoms with Crippen molar-refractivity contribution in [1.29, 1.82) is 0 Å². The highest BCUT2D eigenvalue weighted by Crippen LogP contribution is 2.39. The molecule has 1 aromatic rings. The molecule has 24 heavy (non-hydrogen) atoms. The lowest BCUT2D eigenvalue weighted by Gasteiger charge is -2.48. The van der Waals surface area contributed by atoms with Crippen LogP contribution in [0.25, 0.3) is 0 Å². The largest absolute Gasteiger partial charge is 0.361 e. The molecule has 0 unspecified atom stereocenters. The van der Waals surface area contributed by atoms with Crippen LogP contribution in [0.1, 0.15) is 62.1 Å². The fourth-order valence-corrected chi connectivity index (χ4v) is 4.12. The van der Waals surface area contributed by atoms with Gasteiger partial charge in [0.1, 0.15) is 11.3 Å². The average Bonchev–Trinajstić information content (AvgIpc) is 3.05. The smallest absolute Gasteiger partial charge is 0.259 e. The van der Waals surface area contributed by atoms with Gasteiger partial charge in [-0.3, -0.25) is 9.59 Å². The minimum absolute atomic E-state index is 0.0266. The maximum Gasteiger partial charge on any atom is 0.259 e. The molecular weight excluding hydrogens is 306 g/mol. The Morgan fingerprint density at radius 2 is 2.17 bits per heavy atom. The molecule has 132 valence electrons. The molecule has 0 aliphatic carbocycles. The van der Waals surface area contributed by atoms with Gasteiger partial charge in [-0.1, -0.05) is 12.1 Å². The van der Waals surface area contributed by atoms with Gasteiger partial charge in [-0.05, 0) is 32.6 Å². The predicted molar refractivity (Wildman–Crippen MR) is 89.6 cm³/mol. The van der Waals surface area contributed by atoms with Crippen molar-refractivity contribution in [3.05, 3.63) is 17.5 Å². The lowest BCUT2D eigenvalue weighted by atomic mass is 9.73. The second kappa shape index (κ2) is 6.95. The first-order valence-corrected chi connectivity index (χ1v) is 9.09. The quantitative estimate of drug-likeness (QED) is 0.849. The minimum Gasteiger partial charge on any atom is -0.361 e. The van der Waals surface area contributed by atoms with Crippen LogP contribution >= 0.6 is 0 Å². The number of aromatic nitrogens is 1. The number of rotatable bonds is 4. The molecule has 0 N–H and O–H groups in total. The van der Waals surface area contributed by atoms with Gasteiger partial charge in [0.2, 0.25) is 5.91 Å². The van der Waals surface area contributed by atoms with Crippen LogP contribution in [0.4, 0.5) is 0 Å². The molecule has 2 aliphatic heterocycles. The maximum atomic E-state index is 12.9. The summed E-state index contributed by atoms with van der Waals surface area (Å²) in [5, 5.41) is 3.82. The molecule has 2 amide bonds. The summed E-state index contributed by atoms with van der Waals surface area (Å²) in [6.07, 6.45) is 6.78. The topological polar surface area (TPSA) is 66.7 Å². The van der Waals surface area contributed by atoms with Crippen molar-refractivity contribution in [3.8, 4) is 0 Å². The molecule has 2 aliphatic rings. The molecule has 1 atom stereocenters. The highest BCUT2D eigenvalue weighted by atomic mass is 16.5. The summed E-state index contributed by atoms with van der Waals surface area (Å²) < 4.78 is 5.25. The first-order chi connectivity index (χ1) is 11.6. The predicted octanol–water partition coefficient (Wildman–Crippen LogP) is 2.49. The van der Waals surface area contributed by atoms with Crippen LogP contribution < -0.4 is 0 Å². The highest BCUT2D eigenvalue weighted by molar-refractivity contribution is 5.95. The monoisotopic (exact) mass is 333 g/mol. The SMILES string of the molecule is CCCc1oncc1C(=O)N1CCC[C@]2(CCC(=O)N(CC)C2)C1. The second-order valence-corrected chi connectivity index (χ2v) is 7.15. The summed E-state index contributed by atoms with van der Waals surface area (Å²) in [4.78, 5) is 28.8. The zero-order valence-corrected chi connectivity index (χ0v) is 14.7. The molecule has 0 aromatic carbocycles. The zero-order chi connectivity index (χ0) is 17.2. The molecule has 6 nitrogen and oxygen atoms in total. The molecule has 0 bridgehead atoms. The van der Waals surface area contributed by atoms with Gasteiger partial charge in [0, 0.05) is 44.4 Å². The van der Waals surface area contributed by atoms with E-state index in [1.54, 1.807) is 6.20 Å². The second-order valence-electron chi connectivity index (χ2n) is 7.15. The number of aryl methyl sites for hydroxylation is 1.